The number of carbonyl (C=O) groups is 2. The molecule has 0 atom stereocenters. The van der Waals surface area contributed by atoms with E-state index in [-0.39, 0.29) is 22.1 Å². The maximum absolute atomic E-state index is 13.4. The third-order valence-corrected chi connectivity index (χ3v) is 4.91. The summed E-state index contributed by atoms with van der Waals surface area (Å²) in [5, 5.41) is -0.123. The second-order valence-corrected chi connectivity index (χ2v) is 7.85. The Bertz CT molecular complexity index is 944. The molecule has 2 amide bonds. The fourth-order valence-corrected chi connectivity index (χ4v) is 3.32. The van der Waals surface area contributed by atoms with E-state index in [2.05, 4.69) is 0 Å². The van der Waals surface area contributed by atoms with Crippen LogP contribution in [0.1, 0.15) is 26.3 Å². The summed E-state index contributed by atoms with van der Waals surface area (Å²) in [6.07, 6.45) is 0. The summed E-state index contributed by atoms with van der Waals surface area (Å²) in [6.45, 7) is 0. The third-order valence-electron chi connectivity index (χ3n) is 3.39. The molecule has 6 nitrogen and oxygen atoms in total. The van der Waals surface area contributed by atoms with Crippen molar-refractivity contribution in [2.75, 3.05) is 14.1 Å². The van der Waals surface area contributed by atoms with Gasteiger partial charge in [-0.3, -0.25) is 9.59 Å². The molecule has 0 aliphatic heterocycles. The van der Waals surface area contributed by atoms with Gasteiger partial charge in [0.1, 0.15) is 5.82 Å². The molecule has 0 heterocycles. The normalized spacial score (nSPS) is 11.1. The lowest BCUT2D eigenvalue weighted by molar-refractivity contribution is 0.0826. The van der Waals surface area contributed by atoms with Crippen LogP contribution in [0.2, 0.25) is 5.02 Å². The topological polar surface area (TPSA) is 83.6 Å². The Balaban J connectivity index is 2.10. The third kappa shape index (κ3) is 5.03. The van der Waals surface area contributed by atoms with E-state index in [4.69, 9.17) is 11.6 Å². The Morgan fingerprint density at radius 1 is 1.08 bits per heavy atom. The molecule has 138 valence electrons. The Kier molecular flexibility index (Phi) is 5.99. The minimum atomic E-state index is -4.04. The Morgan fingerprint density at radius 2 is 1.65 bits per heavy atom. The smallest absolute Gasteiger partial charge is 0.264 e. The summed E-state index contributed by atoms with van der Waals surface area (Å²) in [4.78, 5) is 25.3. The molecule has 0 saturated heterocycles. The predicted octanol–water partition coefficient (Wildman–Crippen LogP) is 2.44. The lowest BCUT2D eigenvalue weighted by atomic mass is 10.1. The van der Waals surface area contributed by atoms with Crippen LogP contribution in [0.3, 0.4) is 0 Å². The summed E-state index contributed by atoms with van der Waals surface area (Å²) in [5.41, 5.74) is 0.594. The first kappa shape index (κ1) is 19.9. The highest BCUT2D eigenvalue weighted by atomic mass is 35.5. The Hall–Kier alpha value is -2.45. The van der Waals surface area contributed by atoms with Gasteiger partial charge in [-0.1, -0.05) is 17.7 Å². The van der Waals surface area contributed by atoms with Crippen molar-refractivity contribution < 1.29 is 22.4 Å². The maximum Gasteiger partial charge on any atom is 0.264 e. The Labute approximate surface area is 155 Å². The van der Waals surface area contributed by atoms with Crippen molar-refractivity contribution >= 4 is 33.4 Å². The average molecular weight is 399 g/mol. The average Bonchev–Trinajstić information content (AvgIpc) is 2.56. The predicted molar refractivity (Wildman–Crippen MR) is 96.0 cm³/mol. The zero-order valence-electron chi connectivity index (χ0n) is 14.0. The second-order valence-electron chi connectivity index (χ2n) is 5.72. The number of amides is 2. The first-order valence-electron chi connectivity index (χ1n) is 7.39. The van der Waals surface area contributed by atoms with Crippen molar-refractivity contribution in [3.63, 3.8) is 0 Å². The minimum absolute atomic E-state index is 0.0752. The van der Waals surface area contributed by atoms with Crippen LogP contribution in [0, 0.1) is 5.82 Å². The molecule has 2 aromatic carbocycles. The van der Waals surface area contributed by atoms with Gasteiger partial charge in [0, 0.05) is 25.2 Å². The van der Waals surface area contributed by atoms with E-state index in [0.717, 1.165) is 6.07 Å². The highest BCUT2D eigenvalue weighted by molar-refractivity contribution is 7.89. The van der Waals surface area contributed by atoms with Crippen molar-refractivity contribution in [1.82, 2.24) is 9.62 Å². The van der Waals surface area contributed by atoms with E-state index in [1.54, 1.807) is 14.1 Å². The van der Waals surface area contributed by atoms with Crippen LogP contribution >= 0.6 is 11.6 Å². The number of sulfonamides is 1. The zero-order valence-corrected chi connectivity index (χ0v) is 15.6. The first-order chi connectivity index (χ1) is 12.1. The molecule has 0 spiro atoms. The number of rotatable bonds is 5. The number of halogens is 2. The van der Waals surface area contributed by atoms with Crippen LogP contribution < -0.4 is 4.72 Å². The zero-order chi connectivity index (χ0) is 19.5. The van der Waals surface area contributed by atoms with Crippen LogP contribution in [0.15, 0.2) is 42.5 Å². The fourth-order valence-electron chi connectivity index (χ4n) is 2.11. The van der Waals surface area contributed by atoms with Crippen LogP contribution in [0.4, 0.5) is 4.39 Å². The minimum Gasteiger partial charge on any atom is -0.345 e. The highest BCUT2D eigenvalue weighted by Crippen LogP contribution is 2.17. The van der Waals surface area contributed by atoms with E-state index in [0.29, 0.717) is 5.56 Å². The summed E-state index contributed by atoms with van der Waals surface area (Å²) in [6, 6.07) is 9.15. The van der Waals surface area contributed by atoms with Crippen LogP contribution in [-0.2, 0) is 15.8 Å². The maximum atomic E-state index is 13.4. The molecule has 2 aromatic rings. The molecule has 2 rings (SSSR count). The standard InChI is InChI=1S/C17H16ClFN2O4S/c1-21(2)17(23)13-6-4-12(5-7-13)16(22)20-26(24,25)10-11-3-8-14(18)15(19)9-11/h3-9H,10H2,1-2H3,(H,20,22). The first-order valence-corrected chi connectivity index (χ1v) is 9.42. The van der Waals surface area contributed by atoms with Gasteiger partial charge in [-0.2, -0.15) is 0 Å². The van der Waals surface area contributed by atoms with Crippen molar-refractivity contribution in [1.29, 1.82) is 0 Å². The molecule has 0 fully saturated rings. The summed E-state index contributed by atoms with van der Waals surface area (Å²) < 4.78 is 39.5. The number of hydrogen-bond acceptors (Lipinski definition) is 4. The van der Waals surface area contributed by atoms with Gasteiger partial charge in [0.05, 0.1) is 10.8 Å². The molecule has 0 aliphatic rings. The quantitative estimate of drug-likeness (QED) is 0.838. The van der Waals surface area contributed by atoms with Gasteiger partial charge in [0.25, 0.3) is 11.8 Å². The van der Waals surface area contributed by atoms with Crippen LogP contribution in [0.5, 0.6) is 0 Å². The number of benzene rings is 2. The van der Waals surface area contributed by atoms with E-state index >= 15 is 0 Å². The molecule has 1 N–H and O–H groups in total. The van der Waals surface area contributed by atoms with Gasteiger partial charge in [0.15, 0.2) is 0 Å². The molecule has 0 saturated carbocycles. The highest BCUT2D eigenvalue weighted by Gasteiger charge is 2.18. The van der Waals surface area contributed by atoms with E-state index in [1.165, 1.54) is 41.3 Å². The molecular weight excluding hydrogens is 383 g/mol. The van der Waals surface area contributed by atoms with Crippen molar-refractivity contribution in [3.05, 3.63) is 70.0 Å². The van der Waals surface area contributed by atoms with Gasteiger partial charge in [-0.15, -0.1) is 0 Å². The monoisotopic (exact) mass is 398 g/mol. The number of carbonyl (C=O) groups excluding carboxylic acids is 2. The molecule has 0 unspecified atom stereocenters. The Morgan fingerprint density at radius 3 is 2.19 bits per heavy atom. The summed E-state index contributed by atoms with van der Waals surface area (Å²) in [7, 11) is -0.851. The molecule has 0 bridgehead atoms. The van der Waals surface area contributed by atoms with Gasteiger partial charge >= 0.3 is 0 Å². The van der Waals surface area contributed by atoms with Crippen molar-refractivity contribution in [2.24, 2.45) is 0 Å². The van der Waals surface area contributed by atoms with E-state index < -0.39 is 27.5 Å². The SMILES string of the molecule is CN(C)C(=O)c1ccc(C(=O)NS(=O)(=O)Cc2ccc(Cl)c(F)c2)cc1. The van der Waals surface area contributed by atoms with Crippen molar-refractivity contribution in [2.45, 2.75) is 5.75 Å². The molecule has 0 aromatic heterocycles. The lowest BCUT2D eigenvalue weighted by Gasteiger charge is -2.11. The van der Waals surface area contributed by atoms with Gasteiger partial charge in [-0.25, -0.2) is 17.5 Å². The summed E-state index contributed by atoms with van der Waals surface area (Å²) >= 11 is 5.55. The lowest BCUT2D eigenvalue weighted by Crippen LogP contribution is -2.31. The number of nitrogens with zero attached hydrogens (tertiary/aromatic N) is 1. The largest absolute Gasteiger partial charge is 0.345 e. The van der Waals surface area contributed by atoms with Crippen LogP contribution in [-0.4, -0.2) is 39.2 Å². The molecule has 0 aliphatic carbocycles. The number of nitrogens with one attached hydrogen (secondary N) is 1. The fraction of sp³-hybridized carbons (Fsp3) is 0.176. The van der Waals surface area contributed by atoms with Crippen LogP contribution in [0.25, 0.3) is 0 Å². The molecule has 9 heteroatoms. The van der Waals surface area contributed by atoms with E-state index in [1.807, 2.05) is 4.72 Å². The summed E-state index contributed by atoms with van der Waals surface area (Å²) in [5.74, 6) is -2.41. The van der Waals surface area contributed by atoms with Crippen molar-refractivity contribution in [3.8, 4) is 0 Å². The van der Waals surface area contributed by atoms with Gasteiger partial charge in [-0.05, 0) is 42.0 Å². The molecule has 26 heavy (non-hydrogen) atoms. The second kappa shape index (κ2) is 7.84. The van der Waals surface area contributed by atoms with Gasteiger partial charge in [0.2, 0.25) is 10.0 Å². The molecular formula is C17H16ClFN2O4S. The molecule has 0 radical (unpaired) electrons. The van der Waals surface area contributed by atoms with Gasteiger partial charge < -0.3 is 4.90 Å². The number of hydrogen-bond donors (Lipinski definition) is 1. The van der Waals surface area contributed by atoms with E-state index in [9.17, 15) is 22.4 Å².